The van der Waals surface area contributed by atoms with Crippen LogP contribution in [-0.4, -0.2) is 33.3 Å². The zero-order valence-corrected chi connectivity index (χ0v) is 15.9. The number of aromatic amines is 1. The SMILES string of the molecule is Cc1cc2c(cc1C)OC(C(=O)NCCn1c(C(C)C)n[nH]c1=S)C2. The Kier molecular flexibility index (Phi) is 4.94. The van der Waals surface area contributed by atoms with Gasteiger partial charge in [0, 0.05) is 25.4 Å². The van der Waals surface area contributed by atoms with Gasteiger partial charge >= 0.3 is 0 Å². The Bertz CT molecular complexity index is 822. The number of ether oxygens (including phenoxy) is 1. The first-order chi connectivity index (χ1) is 11.9. The second-order valence-corrected chi connectivity index (χ2v) is 7.23. The molecule has 3 rings (SSSR count). The van der Waals surface area contributed by atoms with E-state index >= 15 is 0 Å². The highest BCUT2D eigenvalue weighted by Crippen LogP contribution is 2.31. The number of carbonyl (C=O) groups is 1. The van der Waals surface area contributed by atoms with Crippen molar-refractivity contribution in [3.8, 4) is 5.75 Å². The number of aryl methyl sites for hydroxylation is 2. The van der Waals surface area contributed by atoms with Gasteiger partial charge in [-0.3, -0.25) is 9.89 Å². The standard InChI is InChI=1S/C18H24N4O2S/c1-10(2)16-20-21-18(25)22(16)6-5-19-17(23)15-9-13-7-11(3)12(4)8-14(13)24-15/h7-8,10,15H,5-6,9H2,1-4H3,(H,19,23)(H,21,25). The molecule has 0 spiro atoms. The molecule has 0 saturated heterocycles. The Hall–Kier alpha value is -2.15. The molecule has 1 aromatic heterocycles. The fourth-order valence-electron chi connectivity index (χ4n) is 3.05. The van der Waals surface area contributed by atoms with Gasteiger partial charge in [0.15, 0.2) is 10.9 Å². The van der Waals surface area contributed by atoms with Crippen LogP contribution in [0.15, 0.2) is 12.1 Å². The summed E-state index contributed by atoms with van der Waals surface area (Å²) in [4.78, 5) is 12.4. The van der Waals surface area contributed by atoms with E-state index < -0.39 is 6.10 Å². The molecule has 6 nitrogen and oxygen atoms in total. The van der Waals surface area contributed by atoms with Crippen molar-refractivity contribution >= 4 is 18.1 Å². The molecule has 25 heavy (non-hydrogen) atoms. The van der Waals surface area contributed by atoms with Crippen molar-refractivity contribution in [3.63, 3.8) is 0 Å². The second kappa shape index (κ2) is 7.00. The molecule has 0 fully saturated rings. The zero-order valence-electron chi connectivity index (χ0n) is 15.0. The highest BCUT2D eigenvalue weighted by molar-refractivity contribution is 7.71. The summed E-state index contributed by atoms with van der Waals surface area (Å²) in [6.45, 7) is 9.32. The smallest absolute Gasteiger partial charge is 0.261 e. The number of nitrogens with one attached hydrogen (secondary N) is 2. The van der Waals surface area contributed by atoms with Gasteiger partial charge in [0.25, 0.3) is 5.91 Å². The molecule has 7 heteroatoms. The lowest BCUT2D eigenvalue weighted by Gasteiger charge is -2.13. The minimum Gasteiger partial charge on any atom is -0.480 e. The Morgan fingerprint density at radius 1 is 1.44 bits per heavy atom. The Labute approximate surface area is 152 Å². The van der Waals surface area contributed by atoms with Gasteiger partial charge in [0.05, 0.1) is 0 Å². The summed E-state index contributed by atoms with van der Waals surface area (Å²) in [7, 11) is 0. The molecule has 0 radical (unpaired) electrons. The summed E-state index contributed by atoms with van der Waals surface area (Å²) in [5.41, 5.74) is 3.50. The first-order valence-electron chi connectivity index (χ1n) is 8.56. The van der Waals surface area contributed by atoms with E-state index in [1.165, 1.54) is 11.1 Å². The van der Waals surface area contributed by atoms with Crippen molar-refractivity contribution in [1.29, 1.82) is 0 Å². The van der Waals surface area contributed by atoms with Crippen molar-refractivity contribution in [2.75, 3.05) is 6.54 Å². The fraction of sp³-hybridized carbons (Fsp3) is 0.500. The lowest BCUT2D eigenvalue weighted by Crippen LogP contribution is -2.39. The van der Waals surface area contributed by atoms with Crippen LogP contribution in [0.25, 0.3) is 0 Å². The summed E-state index contributed by atoms with van der Waals surface area (Å²) in [5, 5.41) is 10.0. The summed E-state index contributed by atoms with van der Waals surface area (Å²) >= 11 is 5.26. The largest absolute Gasteiger partial charge is 0.480 e. The molecule has 1 amide bonds. The van der Waals surface area contributed by atoms with Crippen LogP contribution in [0.5, 0.6) is 5.75 Å². The van der Waals surface area contributed by atoms with E-state index in [0.717, 1.165) is 17.1 Å². The van der Waals surface area contributed by atoms with Gasteiger partial charge in [-0.15, -0.1) is 0 Å². The molecule has 0 bridgehead atoms. The molecule has 1 aromatic carbocycles. The lowest BCUT2D eigenvalue weighted by atomic mass is 10.0. The van der Waals surface area contributed by atoms with Gasteiger partial charge in [0.2, 0.25) is 0 Å². The van der Waals surface area contributed by atoms with Crippen LogP contribution in [0.1, 0.15) is 42.3 Å². The Morgan fingerprint density at radius 3 is 2.88 bits per heavy atom. The van der Waals surface area contributed by atoms with Gasteiger partial charge in [-0.2, -0.15) is 5.10 Å². The number of fused-ring (bicyclic) bond motifs is 1. The van der Waals surface area contributed by atoms with Crippen LogP contribution in [0.2, 0.25) is 0 Å². The number of rotatable bonds is 5. The van der Waals surface area contributed by atoms with Gasteiger partial charge in [-0.05, 0) is 48.8 Å². The van der Waals surface area contributed by atoms with Crippen LogP contribution in [0.3, 0.4) is 0 Å². The quantitative estimate of drug-likeness (QED) is 0.805. The van der Waals surface area contributed by atoms with Gasteiger partial charge in [-0.1, -0.05) is 19.9 Å². The molecular weight excluding hydrogens is 336 g/mol. The van der Waals surface area contributed by atoms with Crippen LogP contribution in [0, 0.1) is 18.6 Å². The molecule has 2 aromatic rings. The molecule has 1 atom stereocenters. The number of carbonyl (C=O) groups excluding carboxylic acids is 1. The predicted molar refractivity (Wildman–Crippen MR) is 98.5 cm³/mol. The molecule has 2 N–H and O–H groups in total. The fourth-order valence-corrected chi connectivity index (χ4v) is 3.28. The highest BCUT2D eigenvalue weighted by Gasteiger charge is 2.29. The first kappa shape index (κ1) is 17.7. The number of amides is 1. The van der Waals surface area contributed by atoms with Crippen LogP contribution < -0.4 is 10.1 Å². The number of benzene rings is 1. The average Bonchev–Trinajstić information content (AvgIpc) is 3.12. The van der Waals surface area contributed by atoms with Crippen molar-refractivity contribution in [2.24, 2.45) is 0 Å². The topological polar surface area (TPSA) is 71.9 Å². The number of aromatic nitrogens is 3. The van der Waals surface area contributed by atoms with Crippen molar-refractivity contribution < 1.29 is 9.53 Å². The normalized spacial score (nSPS) is 16.0. The van der Waals surface area contributed by atoms with Crippen LogP contribution in [0.4, 0.5) is 0 Å². The number of nitrogens with zero attached hydrogens (tertiary/aromatic N) is 2. The maximum atomic E-state index is 12.4. The summed E-state index contributed by atoms with van der Waals surface area (Å²) in [5.74, 6) is 1.90. The second-order valence-electron chi connectivity index (χ2n) is 6.84. The summed E-state index contributed by atoms with van der Waals surface area (Å²) < 4.78 is 8.33. The van der Waals surface area contributed by atoms with E-state index in [1.54, 1.807) is 0 Å². The van der Waals surface area contributed by atoms with E-state index in [0.29, 0.717) is 24.3 Å². The van der Waals surface area contributed by atoms with E-state index in [9.17, 15) is 4.79 Å². The first-order valence-corrected chi connectivity index (χ1v) is 8.97. The van der Waals surface area contributed by atoms with Crippen LogP contribution in [-0.2, 0) is 17.8 Å². The van der Waals surface area contributed by atoms with Crippen LogP contribution >= 0.6 is 12.2 Å². The third-order valence-electron chi connectivity index (χ3n) is 4.58. The van der Waals surface area contributed by atoms with E-state index in [4.69, 9.17) is 17.0 Å². The minimum absolute atomic E-state index is 0.0902. The molecule has 1 aliphatic rings. The minimum atomic E-state index is -0.460. The third kappa shape index (κ3) is 3.61. The van der Waals surface area contributed by atoms with E-state index in [2.05, 4.69) is 42.4 Å². The summed E-state index contributed by atoms with van der Waals surface area (Å²) in [6.07, 6.45) is 0.156. The molecule has 134 valence electrons. The molecular formula is C18H24N4O2S. The molecule has 0 saturated carbocycles. The van der Waals surface area contributed by atoms with Crippen molar-refractivity contribution in [2.45, 2.75) is 52.7 Å². The molecule has 1 aliphatic heterocycles. The predicted octanol–water partition coefficient (Wildman–Crippen LogP) is 2.80. The maximum absolute atomic E-state index is 12.4. The van der Waals surface area contributed by atoms with E-state index in [1.807, 2.05) is 17.6 Å². The monoisotopic (exact) mass is 360 g/mol. The third-order valence-corrected chi connectivity index (χ3v) is 4.89. The van der Waals surface area contributed by atoms with Gasteiger partial charge in [-0.25, -0.2) is 0 Å². The molecule has 1 unspecified atom stereocenters. The number of hydrogen-bond donors (Lipinski definition) is 2. The Morgan fingerprint density at radius 2 is 2.16 bits per heavy atom. The average molecular weight is 360 g/mol. The zero-order chi connectivity index (χ0) is 18.1. The van der Waals surface area contributed by atoms with Gasteiger partial charge < -0.3 is 14.6 Å². The Balaban J connectivity index is 1.58. The number of hydrogen-bond acceptors (Lipinski definition) is 4. The maximum Gasteiger partial charge on any atom is 0.261 e. The van der Waals surface area contributed by atoms with Crippen molar-refractivity contribution in [1.82, 2.24) is 20.1 Å². The summed E-state index contributed by atoms with van der Waals surface area (Å²) in [6, 6.07) is 4.12. The molecule has 0 aliphatic carbocycles. The van der Waals surface area contributed by atoms with E-state index in [-0.39, 0.29) is 11.8 Å². The number of H-pyrrole nitrogens is 1. The molecule has 2 heterocycles. The van der Waals surface area contributed by atoms with Gasteiger partial charge in [0.1, 0.15) is 11.6 Å². The van der Waals surface area contributed by atoms with Crippen molar-refractivity contribution in [3.05, 3.63) is 39.4 Å². The lowest BCUT2D eigenvalue weighted by molar-refractivity contribution is -0.127. The highest BCUT2D eigenvalue weighted by atomic mass is 32.1.